The average Bonchev–Trinajstić information content (AvgIpc) is 3.21. The van der Waals surface area contributed by atoms with Crippen molar-refractivity contribution >= 4 is 22.8 Å². The maximum Gasteiger partial charge on any atom is 0.318 e. The van der Waals surface area contributed by atoms with E-state index in [1.807, 2.05) is 23.1 Å². The van der Waals surface area contributed by atoms with Crippen molar-refractivity contribution in [2.24, 2.45) is 0 Å². The summed E-state index contributed by atoms with van der Waals surface area (Å²) in [5, 5.41) is 4.07. The molecule has 0 radical (unpaired) electrons. The third kappa shape index (κ3) is 4.34. The summed E-state index contributed by atoms with van der Waals surface area (Å²) in [6, 6.07) is 18.5. The number of H-pyrrole nitrogens is 1. The number of benzene rings is 2. The van der Waals surface area contributed by atoms with E-state index in [0.717, 1.165) is 37.3 Å². The number of hydrogen-bond donors (Lipinski definition) is 2. The molecule has 0 bridgehead atoms. The molecular weight excluding hydrogens is 402 g/mol. The normalized spacial score (nSPS) is 16.8. The van der Waals surface area contributed by atoms with E-state index in [2.05, 4.69) is 51.6 Å². The summed E-state index contributed by atoms with van der Waals surface area (Å²) in [7, 11) is 0. The number of carbonyl (C=O) groups excluding carboxylic acids is 2. The van der Waals surface area contributed by atoms with Crippen molar-refractivity contribution < 1.29 is 9.59 Å². The smallest absolute Gasteiger partial charge is 0.318 e. The lowest BCUT2D eigenvalue weighted by atomic mass is 10.0. The van der Waals surface area contributed by atoms with Gasteiger partial charge in [0.25, 0.3) is 0 Å². The Hall–Kier alpha value is -3.32. The van der Waals surface area contributed by atoms with E-state index in [1.54, 1.807) is 4.90 Å². The Balaban J connectivity index is 1.09. The lowest BCUT2D eigenvalue weighted by Gasteiger charge is -2.35. The fourth-order valence-electron chi connectivity index (χ4n) is 4.74. The standard InChI is InChI=1S/C25H29N5O2/c31-24(29-14-12-28(13-15-29)17-19-6-2-1-3-7-19)16-26-25(32)30-11-10-21-20-8-4-5-9-22(20)27-23(21)18-30/h1-9,27H,10-18H2,(H,26,32). The number of nitrogens with zero attached hydrogens (tertiary/aromatic N) is 3. The quantitative estimate of drug-likeness (QED) is 0.667. The van der Waals surface area contributed by atoms with Gasteiger partial charge in [-0.25, -0.2) is 4.79 Å². The number of fused-ring (bicyclic) bond motifs is 3. The topological polar surface area (TPSA) is 71.7 Å². The summed E-state index contributed by atoms with van der Waals surface area (Å²) in [5.41, 5.74) is 4.79. The SMILES string of the molecule is O=C(CNC(=O)N1CCc2c([nH]c3ccccc23)C1)N1CCN(Cc2ccccc2)CC1. The predicted octanol–water partition coefficient (Wildman–Crippen LogP) is 2.58. The fourth-order valence-corrected chi connectivity index (χ4v) is 4.74. The number of urea groups is 1. The molecule has 166 valence electrons. The van der Waals surface area contributed by atoms with Crippen LogP contribution in [0.1, 0.15) is 16.8 Å². The van der Waals surface area contributed by atoms with Gasteiger partial charge in [-0.3, -0.25) is 9.69 Å². The summed E-state index contributed by atoms with van der Waals surface area (Å²) < 4.78 is 0. The van der Waals surface area contributed by atoms with Gasteiger partial charge in [-0.15, -0.1) is 0 Å². The number of aromatic nitrogens is 1. The lowest BCUT2D eigenvalue weighted by molar-refractivity contribution is -0.131. The number of rotatable bonds is 4. The first-order valence-electron chi connectivity index (χ1n) is 11.3. The molecule has 0 unspecified atom stereocenters. The molecule has 32 heavy (non-hydrogen) atoms. The molecular formula is C25H29N5O2. The van der Waals surface area contributed by atoms with E-state index < -0.39 is 0 Å². The average molecular weight is 432 g/mol. The van der Waals surface area contributed by atoms with Gasteiger partial charge in [-0.1, -0.05) is 48.5 Å². The van der Waals surface area contributed by atoms with E-state index in [4.69, 9.17) is 0 Å². The van der Waals surface area contributed by atoms with Gasteiger partial charge in [0, 0.05) is 55.9 Å². The van der Waals surface area contributed by atoms with Crippen molar-refractivity contribution in [3.8, 4) is 0 Å². The minimum Gasteiger partial charge on any atom is -0.357 e. The number of carbonyl (C=O) groups is 2. The van der Waals surface area contributed by atoms with Crippen LogP contribution in [0.5, 0.6) is 0 Å². The second-order valence-electron chi connectivity index (χ2n) is 8.60. The van der Waals surface area contributed by atoms with Gasteiger partial charge >= 0.3 is 6.03 Å². The van der Waals surface area contributed by atoms with Gasteiger partial charge in [0.2, 0.25) is 5.91 Å². The maximum atomic E-state index is 12.7. The molecule has 3 heterocycles. The number of para-hydroxylation sites is 1. The van der Waals surface area contributed by atoms with E-state index in [-0.39, 0.29) is 18.5 Å². The van der Waals surface area contributed by atoms with Crippen LogP contribution >= 0.6 is 0 Å². The second-order valence-corrected chi connectivity index (χ2v) is 8.60. The van der Waals surface area contributed by atoms with Gasteiger partial charge in [-0.05, 0) is 23.6 Å². The number of hydrogen-bond acceptors (Lipinski definition) is 3. The summed E-state index contributed by atoms with van der Waals surface area (Å²) in [6.45, 7) is 5.26. The van der Waals surface area contributed by atoms with E-state index in [1.165, 1.54) is 16.5 Å². The first kappa shape index (κ1) is 20.6. The molecule has 1 aromatic heterocycles. The van der Waals surface area contributed by atoms with Crippen LogP contribution in [0.15, 0.2) is 54.6 Å². The van der Waals surface area contributed by atoms with Crippen LogP contribution in [0.4, 0.5) is 4.79 Å². The Morgan fingerprint density at radius 1 is 0.875 bits per heavy atom. The van der Waals surface area contributed by atoms with Crippen molar-refractivity contribution in [2.75, 3.05) is 39.3 Å². The zero-order chi connectivity index (χ0) is 21.9. The van der Waals surface area contributed by atoms with Crippen LogP contribution in [0, 0.1) is 0 Å². The first-order valence-corrected chi connectivity index (χ1v) is 11.3. The molecule has 7 heteroatoms. The highest BCUT2D eigenvalue weighted by molar-refractivity contribution is 5.86. The van der Waals surface area contributed by atoms with Crippen molar-refractivity contribution in [2.45, 2.75) is 19.5 Å². The largest absolute Gasteiger partial charge is 0.357 e. The number of piperazine rings is 1. The molecule has 0 spiro atoms. The third-order valence-electron chi connectivity index (χ3n) is 6.53. The minimum atomic E-state index is -0.176. The highest BCUT2D eigenvalue weighted by Crippen LogP contribution is 2.27. The molecule has 7 nitrogen and oxygen atoms in total. The predicted molar refractivity (Wildman–Crippen MR) is 124 cm³/mol. The van der Waals surface area contributed by atoms with Gasteiger partial charge in [0.05, 0.1) is 13.1 Å². The number of aromatic amines is 1. The highest BCUT2D eigenvalue weighted by atomic mass is 16.2. The van der Waals surface area contributed by atoms with Gasteiger partial charge in [-0.2, -0.15) is 0 Å². The lowest BCUT2D eigenvalue weighted by Crippen LogP contribution is -2.52. The molecule has 0 atom stereocenters. The zero-order valence-electron chi connectivity index (χ0n) is 18.2. The molecule has 2 aliphatic rings. The molecule has 5 rings (SSSR count). The first-order chi connectivity index (χ1) is 15.7. The molecule has 1 fully saturated rings. The Morgan fingerprint density at radius 3 is 2.44 bits per heavy atom. The number of nitrogens with one attached hydrogen (secondary N) is 2. The van der Waals surface area contributed by atoms with Gasteiger partial charge in [0.1, 0.15) is 0 Å². The Kier molecular flexibility index (Phi) is 5.81. The molecule has 2 aromatic carbocycles. The second kappa shape index (κ2) is 9.04. The summed E-state index contributed by atoms with van der Waals surface area (Å²) >= 11 is 0. The van der Waals surface area contributed by atoms with Crippen molar-refractivity contribution in [1.82, 2.24) is 25.0 Å². The minimum absolute atomic E-state index is 0.0129. The molecule has 2 N–H and O–H groups in total. The molecule has 0 saturated carbocycles. The highest BCUT2D eigenvalue weighted by Gasteiger charge is 2.25. The van der Waals surface area contributed by atoms with Crippen molar-refractivity contribution in [3.63, 3.8) is 0 Å². The Labute approximate surface area is 188 Å². The third-order valence-corrected chi connectivity index (χ3v) is 6.53. The fraction of sp³-hybridized carbons (Fsp3) is 0.360. The van der Waals surface area contributed by atoms with E-state index in [9.17, 15) is 9.59 Å². The summed E-state index contributed by atoms with van der Waals surface area (Å²) in [5.74, 6) is -0.0129. The Morgan fingerprint density at radius 2 is 1.62 bits per heavy atom. The maximum absolute atomic E-state index is 12.7. The summed E-state index contributed by atoms with van der Waals surface area (Å²) in [6.07, 6.45) is 0.823. The van der Waals surface area contributed by atoms with E-state index >= 15 is 0 Å². The van der Waals surface area contributed by atoms with Crippen molar-refractivity contribution in [1.29, 1.82) is 0 Å². The van der Waals surface area contributed by atoms with Crippen LogP contribution in [0.2, 0.25) is 0 Å². The molecule has 3 amide bonds. The molecule has 0 aliphatic carbocycles. The molecule has 3 aromatic rings. The van der Waals surface area contributed by atoms with Crippen LogP contribution in [0.25, 0.3) is 10.9 Å². The zero-order valence-corrected chi connectivity index (χ0v) is 18.2. The molecule has 2 aliphatic heterocycles. The van der Waals surface area contributed by atoms with Crippen LogP contribution in [-0.4, -0.2) is 70.9 Å². The van der Waals surface area contributed by atoms with Gasteiger partial charge in [0.15, 0.2) is 0 Å². The van der Waals surface area contributed by atoms with E-state index in [0.29, 0.717) is 26.2 Å². The van der Waals surface area contributed by atoms with Crippen LogP contribution in [-0.2, 0) is 24.3 Å². The monoisotopic (exact) mass is 431 g/mol. The molecule has 1 saturated heterocycles. The summed E-state index contributed by atoms with van der Waals surface area (Å²) in [4.78, 5) is 34.8. The number of amides is 3. The van der Waals surface area contributed by atoms with Crippen LogP contribution < -0.4 is 5.32 Å². The Bertz CT molecular complexity index is 1100. The van der Waals surface area contributed by atoms with Crippen molar-refractivity contribution in [3.05, 3.63) is 71.4 Å². The van der Waals surface area contributed by atoms with Crippen LogP contribution in [0.3, 0.4) is 0 Å². The van der Waals surface area contributed by atoms with Gasteiger partial charge < -0.3 is 20.1 Å².